The summed E-state index contributed by atoms with van der Waals surface area (Å²) in [5.41, 5.74) is 10.8. The topological polar surface area (TPSA) is 42.2 Å². The Morgan fingerprint density at radius 2 is 1.85 bits per heavy atom. The molecule has 0 atom stereocenters. The monoisotopic (exact) mass is 273 g/mol. The zero-order valence-electron chi connectivity index (χ0n) is 12.2. The van der Waals surface area contributed by atoms with E-state index in [0.29, 0.717) is 6.54 Å². The number of hydrogen-bond donors (Lipinski definition) is 1. The normalized spacial score (nSPS) is 10.7. The molecular weight excluding hydrogens is 253 g/mol. The summed E-state index contributed by atoms with van der Waals surface area (Å²) in [4.78, 5) is 6.59. The minimum absolute atomic E-state index is 0.231. The molecule has 1 heterocycles. The molecule has 0 saturated heterocycles. The fraction of sp³-hybridized carbons (Fsp3) is 0.312. The highest BCUT2D eigenvalue weighted by atomic mass is 19.1. The highest BCUT2D eigenvalue weighted by Gasteiger charge is 2.14. The van der Waals surface area contributed by atoms with Crippen molar-refractivity contribution in [3.05, 3.63) is 53.1 Å². The standard InChI is InChI=1S/C16H20FN3/c1-4-20(14-7-5-13(17)6-8-14)16-9-11(2)19-12(3)15(16)10-18/h5-9H,4,10,18H2,1-3H3. The number of aryl methyl sites for hydroxylation is 2. The van der Waals surface area contributed by atoms with Gasteiger partial charge >= 0.3 is 0 Å². The van der Waals surface area contributed by atoms with Crippen LogP contribution in [0.15, 0.2) is 30.3 Å². The molecule has 0 spiro atoms. The van der Waals surface area contributed by atoms with Crippen molar-refractivity contribution >= 4 is 11.4 Å². The van der Waals surface area contributed by atoms with Crippen molar-refractivity contribution in [1.29, 1.82) is 0 Å². The quantitative estimate of drug-likeness (QED) is 0.927. The van der Waals surface area contributed by atoms with E-state index in [4.69, 9.17) is 5.73 Å². The largest absolute Gasteiger partial charge is 0.341 e. The van der Waals surface area contributed by atoms with Crippen LogP contribution in [0, 0.1) is 19.7 Å². The van der Waals surface area contributed by atoms with Crippen LogP contribution in [0.4, 0.5) is 15.8 Å². The fourth-order valence-corrected chi connectivity index (χ4v) is 2.44. The van der Waals surface area contributed by atoms with Crippen molar-refractivity contribution in [3.63, 3.8) is 0 Å². The van der Waals surface area contributed by atoms with E-state index in [1.54, 1.807) is 12.1 Å². The van der Waals surface area contributed by atoms with Crippen molar-refractivity contribution in [2.75, 3.05) is 11.4 Å². The van der Waals surface area contributed by atoms with Gasteiger partial charge in [0.2, 0.25) is 0 Å². The zero-order chi connectivity index (χ0) is 14.7. The summed E-state index contributed by atoms with van der Waals surface area (Å²) in [6.07, 6.45) is 0. The van der Waals surface area contributed by atoms with Gasteiger partial charge < -0.3 is 10.6 Å². The van der Waals surface area contributed by atoms with Gasteiger partial charge in [-0.2, -0.15) is 0 Å². The lowest BCUT2D eigenvalue weighted by Gasteiger charge is -2.26. The van der Waals surface area contributed by atoms with Crippen LogP contribution in [0.5, 0.6) is 0 Å². The SMILES string of the molecule is CCN(c1ccc(F)cc1)c1cc(C)nc(C)c1CN. The molecule has 0 aliphatic heterocycles. The van der Waals surface area contributed by atoms with Crippen LogP contribution < -0.4 is 10.6 Å². The van der Waals surface area contributed by atoms with Crippen LogP contribution in [0.25, 0.3) is 0 Å². The molecule has 106 valence electrons. The highest BCUT2D eigenvalue weighted by molar-refractivity contribution is 5.67. The lowest BCUT2D eigenvalue weighted by molar-refractivity contribution is 0.628. The van der Waals surface area contributed by atoms with Gasteiger partial charge in [-0.05, 0) is 51.1 Å². The Hall–Kier alpha value is -1.94. The minimum Gasteiger partial charge on any atom is -0.341 e. The molecule has 0 saturated carbocycles. The first-order chi connectivity index (χ1) is 9.56. The molecule has 0 aliphatic carbocycles. The third-order valence-electron chi connectivity index (χ3n) is 3.39. The molecule has 0 bridgehead atoms. The molecule has 4 heteroatoms. The maximum Gasteiger partial charge on any atom is 0.123 e. The van der Waals surface area contributed by atoms with E-state index < -0.39 is 0 Å². The fourth-order valence-electron chi connectivity index (χ4n) is 2.44. The molecule has 1 aromatic heterocycles. The summed E-state index contributed by atoms with van der Waals surface area (Å²) in [5.74, 6) is -0.231. The van der Waals surface area contributed by atoms with E-state index in [1.165, 1.54) is 12.1 Å². The van der Waals surface area contributed by atoms with Gasteiger partial charge in [0.1, 0.15) is 5.82 Å². The average Bonchev–Trinajstić information content (AvgIpc) is 2.41. The second-order valence-electron chi connectivity index (χ2n) is 4.77. The number of aromatic nitrogens is 1. The summed E-state index contributed by atoms with van der Waals surface area (Å²) in [6.45, 7) is 7.22. The summed E-state index contributed by atoms with van der Waals surface area (Å²) in [6, 6.07) is 8.54. The van der Waals surface area contributed by atoms with Gasteiger partial charge in [0.15, 0.2) is 0 Å². The van der Waals surface area contributed by atoms with Crippen molar-refractivity contribution in [1.82, 2.24) is 4.98 Å². The second-order valence-corrected chi connectivity index (χ2v) is 4.77. The minimum atomic E-state index is -0.231. The summed E-state index contributed by atoms with van der Waals surface area (Å²) in [5, 5.41) is 0. The van der Waals surface area contributed by atoms with Crippen molar-refractivity contribution < 1.29 is 4.39 Å². The molecule has 1 aromatic carbocycles. The molecule has 2 rings (SSSR count). The Morgan fingerprint density at radius 1 is 1.20 bits per heavy atom. The smallest absolute Gasteiger partial charge is 0.123 e. The first-order valence-electron chi connectivity index (χ1n) is 6.77. The van der Waals surface area contributed by atoms with E-state index in [1.807, 2.05) is 19.9 Å². The maximum absolute atomic E-state index is 13.1. The van der Waals surface area contributed by atoms with Crippen molar-refractivity contribution in [2.45, 2.75) is 27.3 Å². The summed E-state index contributed by atoms with van der Waals surface area (Å²) < 4.78 is 13.1. The lowest BCUT2D eigenvalue weighted by atomic mass is 10.1. The predicted molar refractivity (Wildman–Crippen MR) is 80.7 cm³/mol. The third kappa shape index (κ3) is 2.80. The van der Waals surface area contributed by atoms with Gasteiger partial charge in [-0.1, -0.05) is 0 Å². The molecular formula is C16H20FN3. The Bertz CT molecular complexity index is 593. The Kier molecular flexibility index (Phi) is 4.35. The molecule has 0 radical (unpaired) electrons. The Morgan fingerprint density at radius 3 is 2.40 bits per heavy atom. The first-order valence-corrected chi connectivity index (χ1v) is 6.77. The van der Waals surface area contributed by atoms with Crippen LogP contribution in [-0.2, 0) is 6.54 Å². The number of hydrogen-bond acceptors (Lipinski definition) is 3. The third-order valence-corrected chi connectivity index (χ3v) is 3.39. The number of nitrogens with two attached hydrogens (primary N) is 1. The maximum atomic E-state index is 13.1. The van der Waals surface area contributed by atoms with E-state index in [0.717, 1.165) is 34.9 Å². The molecule has 2 N–H and O–H groups in total. The predicted octanol–water partition coefficient (Wildman–Crippen LogP) is 3.45. The van der Waals surface area contributed by atoms with Gasteiger partial charge in [-0.15, -0.1) is 0 Å². The number of rotatable bonds is 4. The zero-order valence-corrected chi connectivity index (χ0v) is 12.2. The van der Waals surface area contributed by atoms with Crippen molar-refractivity contribution in [2.24, 2.45) is 5.73 Å². The first kappa shape index (κ1) is 14.5. The van der Waals surface area contributed by atoms with Crippen molar-refractivity contribution in [3.8, 4) is 0 Å². The molecule has 0 fully saturated rings. The van der Waals surface area contributed by atoms with Crippen LogP contribution in [0.2, 0.25) is 0 Å². The molecule has 0 aliphatic rings. The summed E-state index contributed by atoms with van der Waals surface area (Å²) >= 11 is 0. The summed E-state index contributed by atoms with van der Waals surface area (Å²) in [7, 11) is 0. The number of halogens is 1. The Labute approximate surface area is 119 Å². The average molecular weight is 273 g/mol. The van der Waals surface area contributed by atoms with Gasteiger partial charge in [0.05, 0.1) is 0 Å². The van der Waals surface area contributed by atoms with Gasteiger partial charge in [-0.3, -0.25) is 4.98 Å². The van der Waals surface area contributed by atoms with Crippen LogP contribution >= 0.6 is 0 Å². The number of nitrogens with zero attached hydrogens (tertiary/aromatic N) is 2. The number of anilines is 2. The van der Waals surface area contributed by atoms with Gasteiger partial charge in [0, 0.05) is 41.4 Å². The Balaban J connectivity index is 2.54. The molecule has 2 aromatic rings. The van der Waals surface area contributed by atoms with Gasteiger partial charge in [0.25, 0.3) is 0 Å². The molecule has 3 nitrogen and oxygen atoms in total. The highest BCUT2D eigenvalue weighted by Crippen LogP contribution is 2.30. The molecule has 20 heavy (non-hydrogen) atoms. The van der Waals surface area contributed by atoms with E-state index in [9.17, 15) is 4.39 Å². The number of pyridine rings is 1. The lowest BCUT2D eigenvalue weighted by Crippen LogP contribution is -2.20. The molecule has 0 amide bonds. The molecule has 0 unspecified atom stereocenters. The number of benzene rings is 1. The van der Waals surface area contributed by atoms with E-state index in [2.05, 4.69) is 16.8 Å². The van der Waals surface area contributed by atoms with Crippen LogP contribution in [-0.4, -0.2) is 11.5 Å². The van der Waals surface area contributed by atoms with Crippen LogP contribution in [0.3, 0.4) is 0 Å². The van der Waals surface area contributed by atoms with E-state index >= 15 is 0 Å². The second kappa shape index (κ2) is 6.01. The van der Waals surface area contributed by atoms with Crippen LogP contribution in [0.1, 0.15) is 23.9 Å². The van der Waals surface area contributed by atoms with Gasteiger partial charge in [-0.25, -0.2) is 4.39 Å². The van der Waals surface area contributed by atoms with E-state index in [-0.39, 0.29) is 5.82 Å².